The molecule has 2 aromatic rings. The van der Waals surface area contributed by atoms with Gasteiger partial charge in [-0.25, -0.2) is 0 Å². The summed E-state index contributed by atoms with van der Waals surface area (Å²) in [5.74, 6) is 0.455. The van der Waals surface area contributed by atoms with Crippen LogP contribution in [0.2, 0.25) is 10.0 Å². The molecule has 6 nitrogen and oxygen atoms in total. The average Bonchev–Trinajstić information content (AvgIpc) is 3.38. The Morgan fingerprint density at radius 3 is 2.63 bits per heavy atom. The summed E-state index contributed by atoms with van der Waals surface area (Å²) in [6.07, 6.45) is 3.39. The minimum Gasteiger partial charge on any atom is -0.378 e. The molecule has 2 unspecified atom stereocenters. The van der Waals surface area contributed by atoms with Gasteiger partial charge in [0.15, 0.2) is 0 Å². The van der Waals surface area contributed by atoms with Crippen molar-refractivity contribution in [1.29, 1.82) is 0 Å². The highest BCUT2D eigenvalue weighted by Crippen LogP contribution is 2.47. The first-order valence-electron chi connectivity index (χ1n) is 12.3. The Balaban J connectivity index is 1.61. The summed E-state index contributed by atoms with van der Waals surface area (Å²) >= 11 is 12.6. The third-order valence-corrected chi connectivity index (χ3v) is 8.14. The molecule has 5 rings (SSSR count). The van der Waals surface area contributed by atoms with E-state index in [1.165, 1.54) is 0 Å². The molecule has 1 N–H and O–H groups in total. The molecule has 1 saturated carbocycles. The molecule has 35 heavy (non-hydrogen) atoms. The van der Waals surface area contributed by atoms with Crippen molar-refractivity contribution in [2.24, 2.45) is 5.92 Å². The van der Waals surface area contributed by atoms with E-state index in [2.05, 4.69) is 17.1 Å². The molecule has 2 fully saturated rings. The lowest BCUT2D eigenvalue weighted by Gasteiger charge is -2.44. The molecule has 2 amide bonds. The fraction of sp³-hybridized carbons (Fsp3) is 0.481. The van der Waals surface area contributed by atoms with Crippen LogP contribution in [0.3, 0.4) is 0 Å². The van der Waals surface area contributed by atoms with Crippen molar-refractivity contribution in [3.63, 3.8) is 0 Å². The van der Waals surface area contributed by atoms with Crippen LogP contribution in [-0.4, -0.2) is 60.5 Å². The van der Waals surface area contributed by atoms with Crippen LogP contribution in [0.15, 0.2) is 42.5 Å². The molecule has 3 atom stereocenters. The van der Waals surface area contributed by atoms with Crippen molar-refractivity contribution in [2.75, 3.05) is 38.2 Å². The van der Waals surface area contributed by atoms with Crippen molar-refractivity contribution in [3.05, 3.63) is 63.6 Å². The number of carbonyl (C=O) groups excluding carboxylic acids is 2. The van der Waals surface area contributed by atoms with E-state index in [0.29, 0.717) is 54.4 Å². The first kappa shape index (κ1) is 24.6. The number of ether oxygens (including phenoxy) is 1. The van der Waals surface area contributed by atoms with Crippen LogP contribution in [0.5, 0.6) is 0 Å². The third kappa shape index (κ3) is 4.82. The van der Waals surface area contributed by atoms with Crippen LogP contribution in [0.4, 0.5) is 5.69 Å². The van der Waals surface area contributed by atoms with Gasteiger partial charge >= 0.3 is 0 Å². The lowest BCUT2D eigenvalue weighted by molar-refractivity contribution is -0.142. The highest BCUT2D eigenvalue weighted by atomic mass is 35.5. The molecule has 2 aromatic carbocycles. The molecular weight excluding hydrogens is 485 g/mol. The zero-order chi connectivity index (χ0) is 24.6. The summed E-state index contributed by atoms with van der Waals surface area (Å²) in [7, 11) is 0. The number of rotatable bonds is 6. The number of nitrogens with one attached hydrogen (secondary N) is 1. The number of fused-ring (bicyclic) bond motifs is 1. The monoisotopic (exact) mass is 515 g/mol. The molecule has 0 aromatic heterocycles. The van der Waals surface area contributed by atoms with Crippen LogP contribution in [0.1, 0.15) is 37.3 Å². The van der Waals surface area contributed by atoms with Gasteiger partial charge < -0.3 is 15.0 Å². The van der Waals surface area contributed by atoms with Crippen molar-refractivity contribution < 1.29 is 14.3 Å². The molecule has 8 heteroatoms. The van der Waals surface area contributed by atoms with Gasteiger partial charge in [0.25, 0.3) is 0 Å². The summed E-state index contributed by atoms with van der Waals surface area (Å²) < 4.78 is 5.46. The van der Waals surface area contributed by atoms with Crippen LogP contribution in [0.25, 0.3) is 0 Å². The lowest BCUT2D eigenvalue weighted by Crippen LogP contribution is -2.59. The van der Waals surface area contributed by atoms with Gasteiger partial charge in [-0.05, 0) is 55.0 Å². The zero-order valence-corrected chi connectivity index (χ0v) is 21.4. The Morgan fingerprint density at radius 1 is 1.14 bits per heavy atom. The molecule has 0 spiro atoms. The predicted octanol–water partition coefficient (Wildman–Crippen LogP) is 4.73. The normalized spacial score (nSPS) is 26.2. The maximum atomic E-state index is 14.0. The molecule has 0 bridgehead atoms. The van der Waals surface area contributed by atoms with Crippen molar-refractivity contribution in [2.45, 2.75) is 44.2 Å². The van der Waals surface area contributed by atoms with Gasteiger partial charge in [0.2, 0.25) is 11.8 Å². The number of carbonyl (C=O) groups is 2. The van der Waals surface area contributed by atoms with E-state index in [4.69, 9.17) is 27.9 Å². The maximum absolute atomic E-state index is 14.0. The van der Waals surface area contributed by atoms with E-state index in [1.54, 1.807) is 6.07 Å². The molecule has 186 valence electrons. The molecule has 2 heterocycles. The lowest BCUT2D eigenvalue weighted by atomic mass is 9.81. The molecule has 0 radical (unpaired) electrons. The molecule has 1 aliphatic carbocycles. The van der Waals surface area contributed by atoms with Crippen LogP contribution < -0.4 is 5.32 Å². The van der Waals surface area contributed by atoms with E-state index in [0.717, 1.165) is 30.4 Å². The second-order valence-electron chi connectivity index (χ2n) is 10.0. The molecule has 1 saturated heterocycles. The number of hydrogen-bond acceptors (Lipinski definition) is 4. The fourth-order valence-electron chi connectivity index (χ4n) is 5.93. The van der Waals surface area contributed by atoms with E-state index in [1.807, 2.05) is 41.3 Å². The topological polar surface area (TPSA) is 61.9 Å². The van der Waals surface area contributed by atoms with Crippen molar-refractivity contribution >= 4 is 40.7 Å². The number of benzene rings is 2. The first-order valence-corrected chi connectivity index (χ1v) is 13.1. The van der Waals surface area contributed by atoms with E-state index < -0.39 is 5.54 Å². The second-order valence-corrected chi connectivity index (χ2v) is 10.9. The van der Waals surface area contributed by atoms with Gasteiger partial charge in [-0.2, -0.15) is 0 Å². The summed E-state index contributed by atoms with van der Waals surface area (Å²) in [4.78, 5) is 31.6. The zero-order valence-electron chi connectivity index (χ0n) is 19.9. The average molecular weight is 516 g/mol. The van der Waals surface area contributed by atoms with E-state index in [9.17, 15) is 9.59 Å². The van der Waals surface area contributed by atoms with Gasteiger partial charge in [0.1, 0.15) is 5.54 Å². The molecule has 3 aliphatic rings. The SMILES string of the molecule is CC1CC[C@@H](N(CC(=O)N2CCOCC2)C2(Cc3cccc(Cl)c3)C(=O)Nc3cc(Cl)ccc32)C1. The highest BCUT2D eigenvalue weighted by molar-refractivity contribution is 6.31. The Labute approximate surface area is 216 Å². The molecule has 2 aliphatic heterocycles. The van der Waals surface area contributed by atoms with Crippen LogP contribution >= 0.6 is 23.2 Å². The van der Waals surface area contributed by atoms with Gasteiger partial charge in [-0.1, -0.05) is 48.3 Å². The number of amides is 2. The minimum atomic E-state index is -1.04. The Morgan fingerprint density at radius 2 is 1.91 bits per heavy atom. The Kier molecular flexibility index (Phi) is 7.09. The predicted molar refractivity (Wildman–Crippen MR) is 138 cm³/mol. The van der Waals surface area contributed by atoms with Gasteiger partial charge in [-0.15, -0.1) is 0 Å². The van der Waals surface area contributed by atoms with Crippen LogP contribution in [-0.2, 0) is 26.3 Å². The summed E-state index contributed by atoms with van der Waals surface area (Å²) in [6, 6.07) is 13.3. The standard InChI is InChI=1S/C27H31Cl2N3O3/c1-18-5-7-22(13-18)32(17-25(33)31-9-11-35-12-10-31)27(16-19-3-2-4-20(28)14-19)23-8-6-21(29)15-24(23)30-26(27)34/h2-4,6,8,14-15,18,22H,5,7,9-13,16-17H2,1H3,(H,30,34)/t18?,22-,27?/m1/s1. The summed E-state index contributed by atoms with van der Waals surface area (Å²) in [6.45, 7) is 4.66. The van der Waals surface area contributed by atoms with Crippen molar-refractivity contribution in [1.82, 2.24) is 9.80 Å². The smallest absolute Gasteiger partial charge is 0.249 e. The number of anilines is 1. The van der Waals surface area contributed by atoms with Crippen LogP contribution in [0, 0.1) is 5.92 Å². The number of nitrogens with zero attached hydrogens (tertiary/aromatic N) is 2. The number of hydrogen-bond donors (Lipinski definition) is 1. The third-order valence-electron chi connectivity index (χ3n) is 7.67. The van der Waals surface area contributed by atoms with E-state index in [-0.39, 0.29) is 24.4 Å². The second kappa shape index (κ2) is 10.1. The largest absolute Gasteiger partial charge is 0.378 e. The maximum Gasteiger partial charge on any atom is 0.249 e. The Bertz CT molecular complexity index is 1120. The quantitative estimate of drug-likeness (QED) is 0.603. The van der Waals surface area contributed by atoms with Crippen molar-refractivity contribution in [3.8, 4) is 0 Å². The first-order chi connectivity index (χ1) is 16.9. The minimum absolute atomic E-state index is 0.0357. The summed E-state index contributed by atoms with van der Waals surface area (Å²) in [5.41, 5.74) is 1.48. The fourth-order valence-corrected chi connectivity index (χ4v) is 6.31. The van der Waals surface area contributed by atoms with Gasteiger partial charge in [-0.3, -0.25) is 14.5 Å². The number of morpholine rings is 1. The number of halogens is 2. The highest BCUT2D eigenvalue weighted by Gasteiger charge is 2.54. The van der Waals surface area contributed by atoms with Gasteiger partial charge in [0, 0.05) is 46.8 Å². The summed E-state index contributed by atoms with van der Waals surface area (Å²) in [5, 5.41) is 4.27. The Hall–Kier alpha value is -2.12. The van der Waals surface area contributed by atoms with E-state index >= 15 is 0 Å². The van der Waals surface area contributed by atoms with Gasteiger partial charge in [0.05, 0.1) is 19.8 Å². The molecular formula is C27H31Cl2N3O3.